The maximum atomic E-state index is 12.4. The molecule has 21 heavy (non-hydrogen) atoms. The minimum atomic E-state index is -3.52. The van der Waals surface area contributed by atoms with Crippen LogP contribution in [0.5, 0.6) is 5.75 Å². The molecule has 0 saturated carbocycles. The quantitative estimate of drug-likeness (QED) is 0.924. The van der Waals surface area contributed by atoms with Crippen LogP contribution in [0.3, 0.4) is 0 Å². The largest absolute Gasteiger partial charge is 0.497 e. The second-order valence-electron chi connectivity index (χ2n) is 4.95. The second-order valence-corrected chi connectivity index (χ2v) is 6.68. The molecule has 0 unspecified atom stereocenters. The predicted molar refractivity (Wildman–Crippen MR) is 82.9 cm³/mol. The van der Waals surface area contributed by atoms with E-state index >= 15 is 0 Å². The summed E-state index contributed by atoms with van der Waals surface area (Å²) >= 11 is 0. The van der Waals surface area contributed by atoms with Gasteiger partial charge in [-0.2, -0.15) is 0 Å². The standard InChI is InChI=1S/C16H19NO3S/c1-12-7-8-13(2)16(9-12)21(18,19)17-11-14-5-4-6-15(10-14)20-3/h4-10,17H,11H2,1-3H3. The third-order valence-electron chi connectivity index (χ3n) is 3.23. The van der Waals surface area contributed by atoms with Gasteiger partial charge < -0.3 is 4.74 Å². The lowest BCUT2D eigenvalue weighted by Crippen LogP contribution is -2.24. The van der Waals surface area contributed by atoms with Gasteiger partial charge in [0.2, 0.25) is 10.0 Å². The number of nitrogens with one attached hydrogen (secondary N) is 1. The molecule has 0 spiro atoms. The number of sulfonamides is 1. The first-order valence-electron chi connectivity index (χ1n) is 6.62. The van der Waals surface area contributed by atoms with Crippen LogP contribution in [0.15, 0.2) is 47.4 Å². The molecule has 0 saturated heterocycles. The average molecular weight is 305 g/mol. The number of ether oxygens (including phenoxy) is 1. The van der Waals surface area contributed by atoms with Gasteiger partial charge >= 0.3 is 0 Å². The van der Waals surface area contributed by atoms with Gasteiger partial charge in [0.05, 0.1) is 12.0 Å². The van der Waals surface area contributed by atoms with Gasteiger partial charge in [0.25, 0.3) is 0 Å². The number of hydrogen-bond acceptors (Lipinski definition) is 3. The Labute approximate surface area is 125 Å². The minimum Gasteiger partial charge on any atom is -0.497 e. The van der Waals surface area contributed by atoms with Crippen LogP contribution in [0.1, 0.15) is 16.7 Å². The Bertz CT molecular complexity index is 739. The van der Waals surface area contributed by atoms with Gasteiger partial charge in [-0.05, 0) is 48.7 Å². The third kappa shape index (κ3) is 3.83. The number of aryl methyl sites for hydroxylation is 2. The first-order chi connectivity index (χ1) is 9.92. The van der Waals surface area contributed by atoms with Crippen LogP contribution >= 0.6 is 0 Å². The summed E-state index contributed by atoms with van der Waals surface area (Å²) < 4.78 is 32.5. The maximum Gasteiger partial charge on any atom is 0.241 e. The molecule has 0 radical (unpaired) electrons. The zero-order valence-electron chi connectivity index (χ0n) is 12.4. The van der Waals surface area contributed by atoms with Gasteiger partial charge in [-0.15, -0.1) is 0 Å². The van der Waals surface area contributed by atoms with Gasteiger partial charge in [0.15, 0.2) is 0 Å². The Morgan fingerprint density at radius 3 is 2.57 bits per heavy atom. The summed E-state index contributed by atoms with van der Waals surface area (Å²) in [5.41, 5.74) is 2.50. The predicted octanol–water partition coefficient (Wildman–Crippen LogP) is 2.79. The fourth-order valence-electron chi connectivity index (χ4n) is 2.04. The molecule has 0 fully saturated rings. The lowest BCUT2D eigenvalue weighted by atomic mass is 10.2. The Kier molecular flexibility index (Phi) is 4.65. The van der Waals surface area contributed by atoms with E-state index < -0.39 is 10.0 Å². The van der Waals surface area contributed by atoms with E-state index in [1.54, 1.807) is 20.1 Å². The SMILES string of the molecule is COc1cccc(CNS(=O)(=O)c2cc(C)ccc2C)c1. The molecule has 4 nitrogen and oxygen atoms in total. The number of hydrogen-bond donors (Lipinski definition) is 1. The molecule has 0 atom stereocenters. The smallest absolute Gasteiger partial charge is 0.241 e. The fraction of sp³-hybridized carbons (Fsp3) is 0.250. The normalized spacial score (nSPS) is 11.4. The highest BCUT2D eigenvalue weighted by Crippen LogP contribution is 2.18. The number of benzene rings is 2. The van der Waals surface area contributed by atoms with E-state index in [0.29, 0.717) is 10.6 Å². The molecule has 2 aromatic rings. The van der Waals surface area contributed by atoms with Gasteiger partial charge in [0.1, 0.15) is 5.75 Å². The average Bonchev–Trinajstić information content (AvgIpc) is 2.48. The summed E-state index contributed by atoms with van der Waals surface area (Å²) in [6, 6.07) is 12.7. The minimum absolute atomic E-state index is 0.229. The van der Waals surface area contributed by atoms with Crippen LogP contribution in [0.2, 0.25) is 0 Å². The molecule has 0 aliphatic heterocycles. The molecule has 0 aromatic heterocycles. The summed E-state index contributed by atoms with van der Waals surface area (Å²) in [5, 5.41) is 0. The van der Waals surface area contributed by atoms with E-state index in [1.807, 2.05) is 43.3 Å². The van der Waals surface area contributed by atoms with E-state index in [-0.39, 0.29) is 6.54 Å². The van der Waals surface area contributed by atoms with Crippen LogP contribution in [0.25, 0.3) is 0 Å². The molecular weight excluding hydrogens is 286 g/mol. The van der Waals surface area contributed by atoms with Crippen molar-refractivity contribution >= 4 is 10.0 Å². The van der Waals surface area contributed by atoms with Crippen molar-refractivity contribution in [3.05, 3.63) is 59.2 Å². The molecule has 2 rings (SSSR count). The molecule has 0 aliphatic rings. The van der Waals surface area contributed by atoms with Crippen LogP contribution < -0.4 is 9.46 Å². The summed E-state index contributed by atoms with van der Waals surface area (Å²) in [6.45, 7) is 3.90. The molecule has 0 aliphatic carbocycles. The van der Waals surface area contributed by atoms with E-state index in [2.05, 4.69) is 4.72 Å². The molecule has 112 valence electrons. The Morgan fingerprint density at radius 1 is 1.10 bits per heavy atom. The monoisotopic (exact) mass is 305 g/mol. The fourth-order valence-corrected chi connectivity index (χ4v) is 3.38. The van der Waals surface area contributed by atoms with Crippen molar-refractivity contribution in [2.75, 3.05) is 7.11 Å². The van der Waals surface area contributed by atoms with Crippen LogP contribution in [0.4, 0.5) is 0 Å². The summed E-state index contributed by atoms with van der Waals surface area (Å²) in [6.07, 6.45) is 0. The van der Waals surface area contributed by atoms with Gasteiger partial charge in [-0.3, -0.25) is 0 Å². The van der Waals surface area contributed by atoms with E-state index in [9.17, 15) is 8.42 Å². The number of rotatable bonds is 5. The molecule has 0 amide bonds. The van der Waals surface area contributed by atoms with Crippen molar-refractivity contribution in [3.8, 4) is 5.75 Å². The topological polar surface area (TPSA) is 55.4 Å². The summed E-state index contributed by atoms with van der Waals surface area (Å²) in [7, 11) is -1.94. The van der Waals surface area contributed by atoms with E-state index in [1.165, 1.54) is 0 Å². The second kappa shape index (κ2) is 6.28. The van der Waals surface area contributed by atoms with Crippen molar-refractivity contribution in [1.29, 1.82) is 0 Å². The first-order valence-corrected chi connectivity index (χ1v) is 8.10. The third-order valence-corrected chi connectivity index (χ3v) is 4.78. The number of methoxy groups -OCH3 is 1. The van der Waals surface area contributed by atoms with Crippen LogP contribution in [-0.4, -0.2) is 15.5 Å². The Balaban J connectivity index is 2.19. The van der Waals surface area contributed by atoms with Crippen molar-refractivity contribution < 1.29 is 13.2 Å². The van der Waals surface area contributed by atoms with Crippen molar-refractivity contribution in [3.63, 3.8) is 0 Å². The molecule has 0 bridgehead atoms. The van der Waals surface area contributed by atoms with Gasteiger partial charge in [-0.1, -0.05) is 24.3 Å². The van der Waals surface area contributed by atoms with E-state index in [0.717, 1.165) is 16.7 Å². The zero-order valence-corrected chi connectivity index (χ0v) is 13.2. The van der Waals surface area contributed by atoms with Gasteiger partial charge in [-0.25, -0.2) is 13.1 Å². The highest BCUT2D eigenvalue weighted by atomic mass is 32.2. The highest BCUT2D eigenvalue weighted by Gasteiger charge is 2.16. The Hall–Kier alpha value is -1.85. The van der Waals surface area contributed by atoms with Crippen molar-refractivity contribution in [2.24, 2.45) is 0 Å². The van der Waals surface area contributed by atoms with Crippen LogP contribution in [0, 0.1) is 13.8 Å². The highest BCUT2D eigenvalue weighted by molar-refractivity contribution is 7.89. The summed E-state index contributed by atoms with van der Waals surface area (Å²) in [4.78, 5) is 0.324. The zero-order chi connectivity index (χ0) is 15.5. The van der Waals surface area contributed by atoms with E-state index in [4.69, 9.17) is 4.74 Å². The molecule has 2 aromatic carbocycles. The molecule has 0 heterocycles. The summed E-state index contributed by atoms with van der Waals surface area (Å²) in [5.74, 6) is 0.707. The van der Waals surface area contributed by atoms with Crippen LogP contribution in [-0.2, 0) is 16.6 Å². The molecule has 1 N–H and O–H groups in total. The lowest BCUT2D eigenvalue weighted by molar-refractivity contribution is 0.414. The van der Waals surface area contributed by atoms with Gasteiger partial charge in [0, 0.05) is 6.54 Å². The lowest BCUT2D eigenvalue weighted by Gasteiger charge is -2.10. The van der Waals surface area contributed by atoms with Crippen molar-refractivity contribution in [1.82, 2.24) is 4.72 Å². The maximum absolute atomic E-state index is 12.4. The van der Waals surface area contributed by atoms with Crippen molar-refractivity contribution in [2.45, 2.75) is 25.3 Å². The molecular formula is C16H19NO3S. The molecule has 5 heteroatoms. The Morgan fingerprint density at radius 2 is 1.86 bits per heavy atom. The first kappa shape index (κ1) is 15.5.